The Hall–Kier alpha value is -0.700. The number of rotatable bonds is 7. The van der Waals surface area contributed by atoms with Gasteiger partial charge in [0.05, 0.1) is 18.8 Å². The van der Waals surface area contributed by atoms with Crippen LogP contribution in [-0.2, 0) is 24.5 Å². The van der Waals surface area contributed by atoms with Gasteiger partial charge in [0, 0.05) is 26.1 Å². The molecule has 1 rings (SSSR count). The van der Waals surface area contributed by atoms with E-state index >= 15 is 0 Å². The zero-order valence-corrected chi connectivity index (χ0v) is 13.1. The SMILES string of the molecule is CCOC(=O)CCCNS(=O)(=O)N1C[C@H](C)O[C@@H](C)C1. The minimum Gasteiger partial charge on any atom is -0.466 e. The summed E-state index contributed by atoms with van der Waals surface area (Å²) in [6, 6.07) is 0. The number of carbonyl (C=O) groups excluding carboxylic acids is 1. The first-order valence-electron chi connectivity index (χ1n) is 6.91. The number of esters is 1. The Bertz CT molecular complexity index is 402. The van der Waals surface area contributed by atoms with Gasteiger partial charge in [-0.25, -0.2) is 4.72 Å². The maximum absolute atomic E-state index is 12.1. The number of carbonyl (C=O) groups is 1. The van der Waals surface area contributed by atoms with Crippen molar-refractivity contribution in [2.75, 3.05) is 26.2 Å². The van der Waals surface area contributed by atoms with Gasteiger partial charge < -0.3 is 9.47 Å². The van der Waals surface area contributed by atoms with Crippen LogP contribution < -0.4 is 4.72 Å². The highest BCUT2D eigenvalue weighted by Crippen LogP contribution is 2.13. The van der Waals surface area contributed by atoms with Gasteiger partial charge in [-0.1, -0.05) is 0 Å². The van der Waals surface area contributed by atoms with Crippen molar-refractivity contribution in [1.82, 2.24) is 9.03 Å². The normalized spacial score (nSPS) is 24.6. The van der Waals surface area contributed by atoms with E-state index < -0.39 is 10.2 Å². The van der Waals surface area contributed by atoms with Gasteiger partial charge in [0.15, 0.2) is 0 Å². The van der Waals surface area contributed by atoms with Crippen LogP contribution in [0.25, 0.3) is 0 Å². The summed E-state index contributed by atoms with van der Waals surface area (Å²) in [6.07, 6.45) is 0.407. The number of ether oxygens (including phenoxy) is 2. The first-order chi connectivity index (χ1) is 9.35. The summed E-state index contributed by atoms with van der Waals surface area (Å²) in [5, 5.41) is 0. The van der Waals surface area contributed by atoms with Crippen molar-refractivity contribution in [2.45, 2.75) is 45.8 Å². The van der Waals surface area contributed by atoms with Crippen molar-refractivity contribution in [2.24, 2.45) is 0 Å². The average Bonchev–Trinajstić information content (AvgIpc) is 2.34. The topological polar surface area (TPSA) is 84.9 Å². The second-order valence-corrected chi connectivity index (χ2v) is 6.64. The lowest BCUT2D eigenvalue weighted by atomic mass is 10.3. The van der Waals surface area contributed by atoms with Crippen LogP contribution in [0.2, 0.25) is 0 Å². The molecule has 1 heterocycles. The molecule has 0 unspecified atom stereocenters. The third-order valence-electron chi connectivity index (χ3n) is 2.87. The molecule has 0 spiro atoms. The maximum Gasteiger partial charge on any atom is 0.305 e. The lowest BCUT2D eigenvalue weighted by molar-refractivity contribution is -0.143. The first-order valence-corrected chi connectivity index (χ1v) is 8.35. The molecule has 0 aliphatic carbocycles. The zero-order valence-electron chi connectivity index (χ0n) is 12.3. The van der Waals surface area contributed by atoms with E-state index in [2.05, 4.69) is 4.72 Å². The van der Waals surface area contributed by atoms with Gasteiger partial charge in [-0.05, 0) is 27.2 Å². The zero-order chi connectivity index (χ0) is 15.2. The molecule has 20 heavy (non-hydrogen) atoms. The van der Waals surface area contributed by atoms with Crippen molar-refractivity contribution in [3.05, 3.63) is 0 Å². The third kappa shape index (κ3) is 5.74. The molecule has 0 aromatic rings. The largest absolute Gasteiger partial charge is 0.466 e. The summed E-state index contributed by atoms with van der Waals surface area (Å²) in [5.41, 5.74) is 0. The Morgan fingerprint density at radius 3 is 2.50 bits per heavy atom. The predicted molar refractivity (Wildman–Crippen MR) is 74.4 cm³/mol. The van der Waals surface area contributed by atoms with Gasteiger partial charge in [0.1, 0.15) is 0 Å². The molecule has 1 fully saturated rings. The van der Waals surface area contributed by atoms with Gasteiger partial charge in [0.25, 0.3) is 10.2 Å². The van der Waals surface area contributed by atoms with E-state index in [1.54, 1.807) is 6.92 Å². The highest BCUT2D eigenvalue weighted by Gasteiger charge is 2.30. The molecule has 0 amide bonds. The fraction of sp³-hybridized carbons (Fsp3) is 0.917. The molecule has 1 aliphatic rings. The van der Waals surface area contributed by atoms with E-state index in [1.807, 2.05) is 13.8 Å². The molecule has 1 N–H and O–H groups in total. The lowest BCUT2D eigenvalue weighted by Crippen LogP contribution is -2.52. The summed E-state index contributed by atoms with van der Waals surface area (Å²) in [6.45, 7) is 6.68. The molecular formula is C12H24N2O5S. The van der Waals surface area contributed by atoms with Gasteiger partial charge in [-0.3, -0.25) is 4.79 Å². The summed E-state index contributed by atoms with van der Waals surface area (Å²) < 4.78 is 38.3. The highest BCUT2D eigenvalue weighted by molar-refractivity contribution is 7.87. The fourth-order valence-electron chi connectivity index (χ4n) is 2.09. The lowest BCUT2D eigenvalue weighted by Gasteiger charge is -2.34. The Morgan fingerprint density at radius 2 is 1.95 bits per heavy atom. The molecule has 1 aliphatic heterocycles. The molecule has 0 aromatic heterocycles. The average molecular weight is 308 g/mol. The Balaban J connectivity index is 2.36. The Morgan fingerprint density at radius 1 is 1.35 bits per heavy atom. The van der Waals surface area contributed by atoms with E-state index in [9.17, 15) is 13.2 Å². The Kier molecular flexibility index (Phi) is 6.87. The minimum atomic E-state index is -3.51. The molecule has 7 nitrogen and oxygen atoms in total. The van der Waals surface area contributed by atoms with Gasteiger partial charge in [-0.15, -0.1) is 0 Å². The standard InChI is InChI=1S/C12H24N2O5S/c1-4-18-12(15)6-5-7-13-20(16,17)14-8-10(2)19-11(3)9-14/h10-11,13H,4-9H2,1-3H3/t10-,11-/m0/s1. The van der Waals surface area contributed by atoms with Crippen molar-refractivity contribution in [1.29, 1.82) is 0 Å². The first kappa shape index (κ1) is 17.4. The van der Waals surface area contributed by atoms with Crippen LogP contribution in [0.4, 0.5) is 0 Å². The second-order valence-electron chi connectivity index (χ2n) is 4.88. The molecule has 1 saturated heterocycles. The molecule has 118 valence electrons. The molecule has 0 saturated carbocycles. The quantitative estimate of drug-likeness (QED) is 0.539. The van der Waals surface area contributed by atoms with E-state index in [0.29, 0.717) is 26.1 Å². The second kappa shape index (κ2) is 7.92. The van der Waals surface area contributed by atoms with Crippen LogP contribution >= 0.6 is 0 Å². The number of hydrogen-bond acceptors (Lipinski definition) is 5. The molecular weight excluding hydrogens is 284 g/mol. The predicted octanol–water partition coefficient (Wildman–Crippen LogP) is 0.273. The van der Waals surface area contributed by atoms with Crippen LogP contribution in [0.3, 0.4) is 0 Å². The van der Waals surface area contributed by atoms with E-state index in [-0.39, 0.29) is 31.1 Å². The van der Waals surface area contributed by atoms with Gasteiger partial charge in [-0.2, -0.15) is 12.7 Å². The van der Waals surface area contributed by atoms with Crippen LogP contribution in [0.15, 0.2) is 0 Å². The summed E-state index contributed by atoms with van der Waals surface area (Å²) in [4.78, 5) is 11.1. The number of hydrogen-bond donors (Lipinski definition) is 1. The molecule has 0 aromatic carbocycles. The van der Waals surface area contributed by atoms with Crippen LogP contribution in [-0.4, -0.2) is 57.1 Å². The van der Waals surface area contributed by atoms with Crippen molar-refractivity contribution >= 4 is 16.2 Å². The third-order valence-corrected chi connectivity index (χ3v) is 4.42. The maximum atomic E-state index is 12.1. The molecule has 8 heteroatoms. The van der Waals surface area contributed by atoms with Crippen molar-refractivity contribution < 1.29 is 22.7 Å². The van der Waals surface area contributed by atoms with Crippen LogP contribution in [0.5, 0.6) is 0 Å². The van der Waals surface area contributed by atoms with Crippen molar-refractivity contribution in [3.63, 3.8) is 0 Å². The summed E-state index contributed by atoms with van der Waals surface area (Å²) in [5.74, 6) is -0.305. The summed E-state index contributed by atoms with van der Waals surface area (Å²) >= 11 is 0. The Labute approximate surface area is 120 Å². The smallest absolute Gasteiger partial charge is 0.305 e. The number of nitrogens with one attached hydrogen (secondary N) is 1. The number of morpholine rings is 1. The van der Waals surface area contributed by atoms with Crippen LogP contribution in [0, 0.1) is 0 Å². The number of nitrogens with zero attached hydrogens (tertiary/aromatic N) is 1. The van der Waals surface area contributed by atoms with E-state index in [0.717, 1.165) is 0 Å². The van der Waals surface area contributed by atoms with Crippen LogP contribution in [0.1, 0.15) is 33.6 Å². The minimum absolute atomic E-state index is 0.116. The fourth-order valence-corrected chi connectivity index (χ4v) is 3.48. The van der Waals surface area contributed by atoms with E-state index in [4.69, 9.17) is 9.47 Å². The molecule has 2 atom stereocenters. The van der Waals surface area contributed by atoms with Crippen molar-refractivity contribution in [3.8, 4) is 0 Å². The van der Waals surface area contributed by atoms with Gasteiger partial charge >= 0.3 is 5.97 Å². The summed E-state index contributed by atoms with van der Waals surface area (Å²) in [7, 11) is -3.51. The monoisotopic (exact) mass is 308 g/mol. The highest BCUT2D eigenvalue weighted by atomic mass is 32.2. The molecule has 0 bridgehead atoms. The van der Waals surface area contributed by atoms with Gasteiger partial charge in [0.2, 0.25) is 0 Å². The molecule has 0 radical (unpaired) electrons. The van der Waals surface area contributed by atoms with E-state index in [1.165, 1.54) is 4.31 Å².